The zero-order valence-electron chi connectivity index (χ0n) is 13.4. The van der Waals surface area contributed by atoms with Crippen LogP contribution >= 0.6 is 11.6 Å². The van der Waals surface area contributed by atoms with Gasteiger partial charge in [0.05, 0.1) is 15.5 Å². The van der Waals surface area contributed by atoms with Gasteiger partial charge in [-0.3, -0.25) is 14.9 Å². The Balaban J connectivity index is 1.92. The van der Waals surface area contributed by atoms with E-state index in [1.54, 1.807) is 0 Å². The molecule has 0 aliphatic rings. The van der Waals surface area contributed by atoms with Gasteiger partial charge in [0.25, 0.3) is 11.6 Å². The van der Waals surface area contributed by atoms with E-state index in [-0.39, 0.29) is 27.7 Å². The summed E-state index contributed by atoms with van der Waals surface area (Å²) in [6.07, 6.45) is 0. The van der Waals surface area contributed by atoms with E-state index in [9.17, 15) is 28.5 Å². The number of rotatable bonds is 7. The fraction of sp³-hybridized carbons (Fsp3) is 0.125. The summed E-state index contributed by atoms with van der Waals surface area (Å²) in [7, 11) is 0. The lowest BCUT2D eigenvalue weighted by Gasteiger charge is -2.08. The number of ether oxygens (including phenoxy) is 2. The van der Waals surface area contributed by atoms with E-state index < -0.39 is 30.0 Å². The molecule has 0 aliphatic heterocycles. The van der Waals surface area contributed by atoms with E-state index in [1.165, 1.54) is 30.3 Å². The molecule has 0 bridgehead atoms. The van der Waals surface area contributed by atoms with Crippen molar-refractivity contribution in [3.63, 3.8) is 0 Å². The highest BCUT2D eigenvalue weighted by Gasteiger charge is 2.18. The van der Waals surface area contributed by atoms with Crippen molar-refractivity contribution in [2.75, 3.05) is 11.9 Å². The highest BCUT2D eigenvalue weighted by Crippen LogP contribution is 2.23. The van der Waals surface area contributed by atoms with Crippen molar-refractivity contribution in [1.82, 2.24) is 0 Å². The van der Waals surface area contributed by atoms with Gasteiger partial charge in [-0.1, -0.05) is 11.6 Å². The van der Waals surface area contributed by atoms with Crippen molar-refractivity contribution < 1.29 is 32.8 Å². The van der Waals surface area contributed by atoms with Crippen LogP contribution in [0.4, 0.5) is 20.2 Å². The molecule has 27 heavy (non-hydrogen) atoms. The number of nitrogens with one attached hydrogen (secondary N) is 1. The number of alkyl halides is 2. The Morgan fingerprint density at radius 2 is 1.85 bits per heavy atom. The number of benzene rings is 2. The van der Waals surface area contributed by atoms with Crippen LogP contribution in [0, 0.1) is 10.1 Å². The van der Waals surface area contributed by atoms with E-state index in [0.717, 1.165) is 12.1 Å². The second-order valence-electron chi connectivity index (χ2n) is 4.95. The minimum absolute atomic E-state index is 0.0689. The summed E-state index contributed by atoms with van der Waals surface area (Å²) in [5.41, 5.74) is -0.361. The number of nitro benzene ring substituents is 1. The molecule has 0 fully saturated rings. The number of nitrogens with zero attached hydrogens (tertiary/aromatic N) is 1. The summed E-state index contributed by atoms with van der Waals surface area (Å²) in [6, 6.07) is 8.29. The van der Waals surface area contributed by atoms with Crippen LogP contribution in [0.5, 0.6) is 5.75 Å². The number of hydrogen-bond donors (Lipinski definition) is 1. The molecule has 0 saturated heterocycles. The fourth-order valence-electron chi connectivity index (χ4n) is 1.91. The van der Waals surface area contributed by atoms with Crippen LogP contribution < -0.4 is 10.1 Å². The third kappa shape index (κ3) is 5.89. The normalized spacial score (nSPS) is 10.4. The lowest BCUT2D eigenvalue weighted by atomic mass is 10.2. The van der Waals surface area contributed by atoms with Crippen LogP contribution in [0.15, 0.2) is 42.5 Å². The van der Waals surface area contributed by atoms with E-state index in [1.807, 2.05) is 0 Å². The van der Waals surface area contributed by atoms with Gasteiger partial charge in [0.1, 0.15) is 5.75 Å². The molecule has 0 unspecified atom stereocenters. The Labute approximate surface area is 155 Å². The van der Waals surface area contributed by atoms with Gasteiger partial charge in [-0.25, -0.2) is 4.79 Å². The first-order chi connectivity index (χ1) is 12.8. The largest absolute Gasteiger partial charge is 0.452 e. The third-order valence-corrected chi connectivity index (χ3v) is 3.41. The zero-order valence-corrected chi connectivity index (χ0v) is 14.1. The van der Waals surface area contributed by atoms with Gasteiger partial charge in [0.2, 0.25) is 0 Å². The first-order valence-corrected chi connectivity index (χ1v) is 7.60. The molecule has 0 atom stereocenters. The molecular formula is C16H11ClF2N2O6. The van der Waals surface area contributed by atoms with Crippen molar-refractivity contribution in [2.45, 2.75) is 6.61 Å². The predicted octanol–water partition coefficient (Wildman–Crippen LogP) is 3.65. The Hall–Kier alpha value is -3.27. The summed E-state index contributed by atoms with van der Waals surface area (Å²) in [6.45, 7) is -3.65. The smallest absolute Gasteiger partial charge is 0.387 e. The second kappa shape index (κ2) is 8.90. The molecule has 1 N–H and O–H groups in total. The lowest BCUT2D eigenvalue weighted by Crippen LogP contribution is -2.21. The molecule has 2 aromatic carbocycles. The summed E-state index contributed by atoms with van der Waals surface area (Å²) in [4.78, 5) is 33.8. The van der Waals surface area contributed by atoms with Crippen molar-refractivity contribution in [2.24, 2.45) is 0 Å². The SMILES string of the molecule is O=C(COC(=O)c1cc([N+](=O)[O-])ccc1Cl)Nc1ccc(OC(F)F)cc1. The molecule has 0 saturated carbocycles. The molecule has 0 spiro atoms. The van der Waals surface area contributed by atoms with Crippen molar-refractivity contribution in [3.05, 3.63) is 63.2 Å². The summed E-state index contributed by atoms with van der Waals surface area (Å²) in [5, 5.41) is 13.0. The molecule has 8 nitrogen and oxygen atoms in total. The quantitative estimate of drug-likeness (QED) is 0.432. The highest BCUT2D eigenvalue weighted by atomic mass is 35.5. The molecule has 1 amide bonds. The average molecular weight is 401 g/mol. The minimum Gasteiger partial charge on any atom is -0.452 e. The van der Waals surface area contributed by atoms with Gasteiger partial charge in [-0.2, -0.15) is 8.78 Å². The predicted molar refractivity (Wildman–Crippen MR) is 90.1 cm³/mol. The number of carbonyl (C=O) groups is 2. The van der Waals surface area contributed by atoms with E-state index in [0.29, 0.717) is 0 Å². The van der Waals surface area contributed by atoms with E-state index >= 15 is 0 Å². The monoisotopic (exact) mass is 400 g/mol. The average Bonchev–Trinajstić information content (AvgIpc) is 2.61. The van der Waals surface area contributed by atoms with Crippen LogP contribution in [0.2, 0.25) is 5.02 Å². The summed E-state index contributed by atoms with van der Waals surface area (Å²) >= 11 is 5.80. The Bertz CT molecular complexity index is 860. The molecule has 2 rings (SSSR count). The molecular weight excluding hydrogens is 390 g/mol. The third-order valence-electron chi connectivity index (χ3n) is 3.08. The Morgan fingerprint density at radius 1 is 1.19 bits per heavy atom. The molecule has 0 radical (unpaired) electrons. The number of halogens is 3. The molecule has 142 valence electrons. The lowest BCUT2D eigenvalue weighted by molar-refractivity contribution is -0.384. The van der Waals surface area contributed by atoms with Gasteiger partial charge in [-0.05, 0) is 30.3 Å². The van der Waals surface area contributed by atoms with Crippen LogP contribution in [0.25, 0.3) is 0 Å². The van der Waals surface area contributed by atoms with Gasteiger partial charge in [-0.15, -0.1) is 0 Å². The molecule has 0 aliphatic carbocycles. The number of carbonyl (C=O) groups excluding carboxylic acids is 2. The van der Waals surface area contributed by atoms with E-state index in [4.69, 9.17) is 16.3 Å². The highest BCUT2D eigenvalue weighted by molar-refractivity contribution is 6.33. The van der Waals surface area contributed by atoms with Crippen molar-refractivity contribution in [3.8, 4) is 5.75 Å². The van der Waals surface area contributed by atoms with Gasteiger partial charge < -0.3 is 14.8 Å². The van der Waals surface area contributed by atoms with Gasteiger partial charge >= 0.3 is 12.6 Å². The first-order valence-electron chi connectivity index (χ1n) is 7.22. The number of anilines is 1. The molecule has 2 aromatic rings. The molecule has 0 aromatic heterocycles. The zero-order chi connectivity index (χ0) is 20.0. The first kappa shape index (κ1) is 20.0. The standard InChI is InChI=1S/C16H11ClF2N2O6/c17-13-6-3-10(21(24)25)7-12(13)15(23)26-8-14(22)20-9-1-4-11(5-2-9)27-16(18)19/h1-7,16H,8H2,(H,20,22). The number of non-ortho nitro benzene ring substituents is 1. The van der Waals surface area contributed by atoms with Gasteiger partial charge in [0, 0.05) is 17.8 Å². The number of nitro groups is 1. The van der Waals surface area contributed by atoms with E-state index in [2.05, 4.69) is 10.1 Å². The topological polar surface area (TPSA) is 108 Å². The number of hydrogen-bond acceptors (Lipinski definition) is 6. The molecule has 11 heteroatoms. The summed E-state index contributed by atoms with van der Waals surface area (Å²) < 4.78 is 33.1. The van der Waals surface area contributed by atoms with Gasteiger partial charge in [0.15, 0.2) is 6.61 Å². The molecule has 0 heterocycles. The Kier molecular flexibility index (Phi) is 6.61. The van der Waals surface area contributed by atoms with Crippen LogP contribution in [-0.2, 0) is 9.53 Å². The maximum absolute atomic E-state index is 12.1. The number of amides is 1. The minimum atomic E-state index is -2.97. The maximum Gasteiger partial charge on any atom is 0.387 e. The maximum atomic E-state index is 12.1. The van der Waals surface area contributed by atoms with Crippen molar-refractivity contribution >= 4 is 34.9 Å². The second-order valence-corrected chi connectivity index (χ2v) is 5.36. The summed E-state index contributed by atoms with van der Waals surface area (Å²) in [5.74, 6) is -1.82. The number of esters is 1. The Morgan fingerprint density at radius 3 is 2.44 bits per heavy atom. The van der Waals surface area contributed by atoms with Crippen LogP contribution in [0.3, 0.4) is 0 Å². The van der Waals surface area contributed by atoms with Crippen LogP contribution in [0.1, 0.15) is 10.4 Å². The van der Waals surface area contributed by atoms with Crippen molar-refractivity contribution in [1.29, 1.82) is 0 Å². The van der Waals surface area contributed by atoms with Crippen LogP contribution in [-0.4, -0.2) is 30.0 Å². The fourth-order valence-corrected chi connectivity index (χ4v) is 2.10.